The van der Waals surface area contributed by atoms with Crippen molar-refractivity contribution in [2.24, 2.45) is 5.92 Å². The van der Waals surface area contributed by atoms with Gasteiger partial charge in [-0.2, -0.15) is 0 Å². The second kappa shape index (κ2) is 15.6. The molecule has 204 valence electrons. The zero-order valence-electron chi connectivity index (χ0n) is 22.1. The monoisotopic (exact) mass is 548 g/mol. The quantitative estimate of drug-likeness (QED) is 0.333. The molecule has 4 rings (SSSR count). The molecule has 37 heavy (non-hydrogen) atoms. The minimum absolute atomic E-state index is 0.100. The molecule has 2 amide bonds. The SMILES string of the molecule is C=C/C=C/C1CCC(N2CCO[C@@H](CN3CCN(C(=O)Nc4ccc(Cl)c(Cl)c4)CC3)C2)CC1.C=CC. The second-order valence-corrected chi connectivity index (χ2v) is 10.7. The molecule has 0 radical (unpaired) electrons. The molecule has 1 saturated carbocycles. The molecule has 1 atom stereocenters. The predicted molar refractivity (Wildman–Crippen MR) is 156 cm³/mol. The summed E-state index contributed by atoms with van der Waals surface area (Å²) >= 11 is 12.0. The van der Waals surface area contributed by atoms with Crippen molar-refractivity contribution in [3.05, 3.63) is 65.7 Å². The van der Waals surface area contributed by atoms with E-state index in [4.69, 9.17) is 27.9 Å². The largest absolute Gasteiger partial charge is 0.374 e. The summed E-state index contributed by atoms with van der Waals surface area (Å²) in [5.41, 5.74) is 0.656. The zero-order chi connectivity index (χ0) is 26.6. The highest BCUT2D eigenvalue weighted by Crippen LogP contribution is 2.30. The predicted octanol–water partition coefficient (Wildman–Crippen LogP) is 6.34. The first kappa shape index (κ1) is 29.7. The van der Waals surface area contributed by atoms with Gasteiger partial charge in [-0.15, -0.1) is 6.58 Å². The number of piperazine rings is 1. The van der Waals surface area contributed by atoms with E-state index in [2.05, 4.69) is 40.4 Å². The lowest BCUT2D eigenvalue weighted by Crippen LogP contribution is -2.55. The number of carbonyl (C=O) groups excluding carboxylic acids is 1. The van der Waals surface area contributed by atoms with Crippen molar-refractivity contribution >= 4 is 34.9 Å². The van der Waals surface area contributed by atoms with Gasteiger partial charge in [-0.3, -0.25) is 9.80 Å². The van der Waals surface area contributed by atoms with Crippen LogP contribution in [0.15, 0.2) is 55.7 Å². The van der Waals surface area contributed by atoms with Crippen molar-refractivity contribution in [3.63, 3.8) is 0 Å². The molecule has 2 saturated heterocycles. The van der Waals surface area contributed by atoms with E-state index in [0.29, 0.717) is 40.8 Å². The lowest BCUT2D eigenvalue weighted by atomic mass is 9.85. The molecule has 1 aliphatic carbocycles. The van der Waals surface area contributed by atoms with Crippen LogP contribution in [-0.2, 0) is 4.74 Å². The maximum Gasteiger partial charge on any atom is 0.321 e. The van der Waals surface area contributed by atoms with Gasteiger partial charge >= 0.3 is 6.03 Å². The molecule has 1 aromatic carbocycles. The summed E-state index contributed by atoms with van der Waals surface area (Å²) < 4.78 is 6.13. The van der Waals surface area contributed by atoms with Crippen LogP contribution in [0.2, 0.25) is 10.0 Å². The molecule has 0 bridgehead atoms. The van der Waals surface area contributed by atoms with Crippen LogP contribution in [0.5, 0.6) is 0 Å². The van der Waals surface area contributed by atoms with Crippen molar-refractivity contribution in [2.75, 3.05) is 57.7 Å². The molecule has 2 heterocycles. The molecular formula is C29H42Cl2N4O2. The summed E-state index contributed by atoms with van der Waals surface area (Å²) in [6, 6.07) is 5.71. The standard InChI is InChI=1S/C26H36Cl2N4O2.C3H6/c1-2-3-4-20-5-8-22(9-6-20)32-15-16-34-23(19-32)18-30-11-13-31(14-12-30)26(33)29-21-7-10-24(27)25(28)17-21;1-3-2/h2-4,7,10,17,20,22-23H,1,5-6,8-9,11-16,18-19H2,(H,29,33);3H,1H2,2H3/b4-3+;/t20?,22?,23-;/m0./s1. The number of hydrogen-bond donors (Lipinski definition) is 1. The van der Waals surface area contributed by atoms with Gasteiger partial charge in [-0.1, -0.05) is 54.1 Å². The van der Waals surface area contributed by atoms with E-state index >= 15 is 0 Å². The van der Waals surface area contributed by atoms with E-state index in [0.717, 1.165) is 39.3 Å². The highest BCUT2D eigenvalue weighted by molar-refractivity contribution is 6.42. The average molecular weight is 550 g/mol. The van der Waals surface area contributed by atoms with Gasteiger partial charge in [-0.25, -0.2) is 4.79 Å². The van der Waals surface area contributed by atoms with E-state index in [-0.39, 0.29) is 12.1 Å². The Labute approximate surface area is 232 Å². The smallest absolute Gasteiger partial charge is 0.321 e. The highest BCUT2D eigenvalue weighted by atomic mass is 35.5. The van der Waals surface area contributed by atoms with E-state index in [1.165, 1.54) is 25.7 Å². The molecular weight excluding hydrogens is 507 g/mol. The molecule has 1 aromatic rings. The number of nitrogens with one attached hydrogen (secondary N) is 1. The van der Waals surface area contributed by atoms with Crippen molar-refractivity contribution in [1.82, 2.24) is 14.7 Å². The number of carbonyl (C=O) groups is 1. The molecule has 0 aromatic heterocycles. The Kier molecular flexibility index (Phi) is 12.5. The molecule has 8 heteroatoms. The van der Waals surface area contributed by atoms with Gasteiger partial charge in [0.15, 0.2) is 0 Å². The maximum atomic E-state index is 12.6. The number of rotatable bonds is 6. The lowest BCUT2D eigenvalue weighted by Gasteiger charge is -2.43. The Bertz CT molecular complexity index is 909. The lowest BCUT2D eigenvalue weighted by molar-refractivity contribution is -0.0638. The summed E-state index contributed by atoms with van der Waals surface area (Å²) in [4.78, 5) is 19.6. The van der Waals surface area contributed by atoms with Crippen LogP contribution in [0.25, 0.3) is 0 Å². The number of ether oxygens (including phenoxy) is 1. The van der Waals surface area contributed by atoms with Crippen molar-refractivity contribution < 1.29 is 9.53 Å². The highest BCUT2D eigenvalue weighted by Gasteiger charge is 2.31. The molecule has 2 aliphatic heterocycles. The average Bonchev–Trinajstić information content (AvgIpc) is 2.91. The fourth-order valence-corrected chi connectivity index (χ4v) is 5.58. The van der Waals surface area contributed by atoms with Crippen molar-refractivity contribution in [3.8, 4) is 0 Å². The summed E-state index contributed by atoms with van der Waals surface area (Å²) in [6.45, 7) is 15.9. The van der Waals surface area contributed by atoms with E-state index in [1.54, 1.807) is 24.3 Å². The van der Waals surface area contributed by atoms with Crippen molar-refractivity contribution in [1.29, 1.82) is 0 Å². The van der Waals surface area contributed by atoms with Gasteiger partial charge in [0.1, 0.15) is 0 Å². The first-order valence-corrected chi connectivity index (χ1v) is 14.1. The Balaban J connectivity index is 0.00000121. The van der Waals surface area contributed by atoms with Crippen LogP contribution in [0.1, 0.15) is 32.6 Å². The molecule has 1 N–H and O–H groups in total. The van der Waals surface area contributed by atoms with Crippen LogP contribution in [-0.4, -0.2) is 85.3 Å². The van der Waals surface area contributed by atoms with Crippen LogP contribution >= 0.6 is 23.2 Å². The van der Waals surface area contributed by atoms with Crippen LogP contribution in [0, 0.1) is 5.92 Å². The number of hydrogen-bond acceptors (Lipinski definition) is 4. The summed E-state index contributed by atoms with van der Waals surface area (Å²) in [7, 11) is 0. The zero-order valence-corrected chi connectivity index (χ0v) is 23.6. The second-order valence-electron chi connectivity index (χ2n) is 9.93. The fraction of sp³-hybridized carbons (Fsp3) is 0.552. The Morgan fingerprint density at radius 3 is 2.43 bits per heavy atom. The van der Waals surface area contributed by atoms with Gasteiger partial charge < -0.3 is 15.0 Å². The van der Waals surface area contributed by atoms with Gasteiger partial charge in [0.25, 0.3) is 0 Å². The number of benzene rings is 1. The van der Waals surface area contributed by atoms with E-state index < -0.39 is 0 Å². The number of morpholine rings is 1. The summed E-state index contributed by atoms with van der Waals surface area (Å²) in [5.74, 6) is 0.705. The first-order valence-electron chi connectivity index (χ1n) is 13.4. The minimum Gasteiger partial charge on any atom is -0.374 e. The first-order chi connectivity index (χ1) is 17.9. The Hall–Kier alpha value is -1.83. The summed E-state index contributed by atoms with van der Waals surface area (Å²) in [5, 5.41) is 3.83. The van der Waals surface area contributed by atoms with Gasteiger partial charge in [0, 0.05) is 57.5 Å². The van der Waals surface area contributed by atoms with E-state index in [9.17, 15) is 4.79 Å². The van der Waals surface area contributed by atoms with Gasteiger partial charge in [-0.05, 0) is 56.7 Å². The molecule has 3 fully saturated rings. The number of urea groups is 1. The van der Waals surface area contributed by atoms with E-state index in [1.807, 2.05) is 17.9 Å². The fourth-order valence-electron chi connectivity index (χ4n) is 5.28. The normalized spacial score (nSPS) is 25.3. The molecule has 3 aliphatic rings. The molecule has 6 nitrogen and oxygen atoms in total. The third-order valence-corrected chi connectivity index (χ3v) is 7.98. The topological polar surface area (TPSA) is 48.1 Å². The Morgan fingerprint density at radius 2 is 1.78 bits per heavy atom. The number of amides is 2. The molecule has 0 spiro atoms. The number of halogens is 2. The summed E-state index contributed by atoms with van der Waals surface area (Å²) in [6.07, 6.45) is 13.3. The van der Waals surface area contributed by atoms with Gasteiger partial charge in [0.05, 0.1) is 22.8 Å². The van der Waals surface area contributed by atoms with Crippen molar-refractivity contribution in [2.45, 2.75) is 44.8 Å². The third kappa shape index (κ3) is 9.45. The number of nitrogens with zero attached hydrogens (tertiary/aromatic N) is 3. The van der Waals surface area contributed by atoms with Crippen LogP contribution in [0.3, 0.4) is 0 Å². The van der Waals surface area contributed by atoms with Crippen LogP contribution < -0.4 is 5.32 Å². The maximum absolute atomic E-state index is 12.6. The number of anilines is 1. The minimum atomic E-state index is -0.100. The molecule has 0 unspecified atom stereocenters. The van der Waals surface area contributed by atoms with Gasteiger partial charge in [0.2, 0.25) is 0 Å². The number of allylic oxidation sites excluding steroid dienone is 4. The third-order valence-electron chi connectivity index (χ3n) is 7.24. The Morgan fingerprint density at radius 1 is 1.08 bits per heavy atom. The van der Waals surface area contributed by atoms with Crippen LogP contribution in [0.4, 0.5) is 10.5 Å².